The van der Waals surface area contributed by atoms with Gasteiger partial charge in [-0.1, -0.05) is 37.5 Å². The topological polar surface area (TPSA) is 103 Å². The summed E-state index contributed by atoms with van der Waals surface area (Å²) in [6.45, 7) is 15.3. The van der Waals surface area contributed by atoms with E-state index >= 15 is 0 Å². The van der Waals surface area contributed by atoms with Crippen LogP contribution < -0.4 is 0 Å². The summed E-state index contributed by atoms with van der Waals surface area (Å²) >= 11 is 6.58. The van der Waals surface area contributed by atoms with Crippen molar-refractivity contribution in [2.75, 3.05) is 0 Å². The van der Waals surface area contributed by atoms with Gasteiger partial charge in [-0.2, -0.15) is 0 Å². The first-order valence-corrected chi connectivity index (χ1v) is 14.5. The molecule has 8 nitrogen and oxygen atoms in total. The van der Waals surface area contributed by atoms with Crippen molar-refractivity contribution in [3.8, 4) is 11.3 Å². The predicted molar refractivity (Wildman–Crippen MR) is 129 cm³/mol. The summed E-state index contributed by atoms with van der Waals surface area (Å²) in [4.78, 5) is 21.0. The maximum Gasteiger partial charge on any atom is 0.341 e. The normalized spacial score (nSPS) is 15.1. The number of hydrogen-bond donors (Lipinski definition) is 1. The van der Waals surface area contributed by atoms with Gasteiger partial charge in [0.2, 0.25) is 0 Å². The van der Waals surface area contributed by atoms with Gasteiger partial charge < -0.3 is 18.6 Å². The van der Waals surface area contributed by atoms with Crippen LogP contribution in [-0.2, 0) is 11.0 Å². The number of halogens is 1. The van der Waals surface area contributed by atoms with Gasteiger partial charge >= 0.3 is 5.97 Å². The molecular weight excluding hydrogens is 460 g/mol. The van der Waals surface area contributed by atoms with Crippen molar-refractivity contribution in [1.82, 2.24) is 19.7 Å². The van der Waals surface area contributed by atoms with Crippen molar-refractivity contribution in [1.29, 1.82) is 0 Å². The number of carboxylic acids is 1. The number of fused-ring (bicyclic) bond motifs is 1. The van der Waals surface area contributed by atoms with Crippen LogP contribution in [0.25, 0.3) is 22.3 Å². The Hall–Kier alpha value is -2.23. The molecule has 0 unspecified atom stereocenters. The van der Waals surface area contributed by atoms with Gasteiger partial charge in [-0.25, -0.2) is 14.8 Å². The molecule has 0 bridgehead atoms. The van der Waals surface area contributed by atoms with Crippen LogP contribution in [0.15, 0.2) is 10.9 Å². The van der Waals surface area contributed by atoms with Crippen LogP contribution in [0, 0.1) is 0 Å². The van der Waals surface area contributed by atoms with Crippen LogP contribution in [0.1, 0.15) is 81.2 Å². The third kappa shape index (κ3) is 4.11. The van der Waals surface area contributed by atoms with Crippen molar-refractivity contribution in [2.24, 2.45) is 0 Å². The van der Waals surface area contributed by atoms with E-state index in [0.717, 1.165) is 18.5 Å². The van der Waals surface area contributed by atoms with Crippen molar-refractivity contribution in [3.63, 3.8) is 0 Å². The van der Waals surface area contributed by atoms with Crippen molar-refractivity contribution >= 4 is 36.9 Å². The minimum atomic E-state index is -2.11. The van der Waals surface area contributed by atoms with E-state index in [1.54, 1.807) is 0 Å². The third-order valence-corrected chi connectivity index (χ3v) is 11.6. The number of carbonyl (C=O) groups is 1. The van der Waals surface area contributed by atoms with E-state index in [4.69, 9.17) is 20.6 Å². The highest BCUT2D eigenvalue weighted by Gasteiger charge is 2.40. The molecule has 0 radical (unpaired) electrons. The highest BCUT2D eigenvalue weighted by molar-refractivity contribution is 6.74. The second-order valence-corrected chi connectivity index (χ2v) is 15.7. The smallest absolute Gasteiger partial charge is 0.341 e. The molecule has 0 saturated heterocycles. The quantitative estimate of drug-likeness (QED) is 0.301. The Balaban J connectivity index is 2.00. The molecule has 4 rings (SSSR count). The predicted octanol–water partition coefficient (Wildman–Crippen LogP) is 6.42. The van der Waals surface area contributed by atoms with E-state index in [9.17, 15) is 9.90 Å². The van der Waals surface area contributed by atoms with Gasteiger partial charge in [0.25, 0.3) is 0 Å². The lowest BCUT2D eigenvalue weighted by Gasteiger charge is -2.36. The number of aromatic nitrogens is 4. The van der Waals surface area contributed by atoms with E-state index in [2.05, 4.69) is 49.0 Å². The van der Waals surface area contributed by atoms with E-state index in [1.165, 1.54) is 6.33 Å². The first-order chi connectivity index (χ1) is 15.3. The van der Waals surface area contributed by atoms with Gasteiger partial charge in [-0.3, -0.25) is 0 Å². The lowest BCUT2D eigenvalue weighted by atomic mass is 10.0. The number of rotatable bonds is 7. The highest BCUT2D eigenvalue weighted by Crippen LogP contribution is 2.47. The molecule has 3 heterocycles. The second-order valence-electron chi connectivity index (χ2n) is 10.5. The SMILES string of the molecule is CC(C)n1c(CO[Si](C)(C)C(C)(C)C)c(-c2noc(C3CC3)c2C(=O)O)c2c(Cl)ncnc21. The van der Waals surface area contributed by atoms with E-state index < -0.39 is 14.3 Å². The average Bonchev–Trinajstić information content (AvgIpc) is 3.35. The largest absolute Gasteiger partial charge is 0.477 e. The van der Waals surface area contributed by atoms with Gasteiger partial charge in [0.15, 0.2) is 14.1 Å². The summed E-state index contributed by atoms with van der Waals surface area (Å²) in [5.41, 5.74) is 2.34. The van der Waals surface area contributed by atoms with Crippen LogP contribution in [0.5, 0.6) is 0 Å². The molecule has 1 fully saturated rings. The lowest BCUT2D eigenvalue weighted by Crippen LogP contribution is -2.40. The molecular formula is C23H31ClN4O4Si. The zero-order chi connectivity index (χ0) is 24.3. The number of aromatic carboxylic acids is 1. The van der Waals surface area contributed by atoms with E-state index in [1.807, 2.05) is 18.4 Å². The molecule has 1 N–H and O–H groups in total. The van der Waals surface area contributed by atoms with Gasteiger partial charge in [0, 0.05) is 17.5 Å². The van der Waals surface area contributed by atoms with Crippen molar-refractivity contribution < 1.29 is 18.9 Å². The van der Waals surface area contributed by atoms with Crippen molar-refractivity contribution in [2.45, 2.75) is 84.2 Å². The fraction of sp³-hybridized carbons (Fsp3) is 0.565. The Kier molecular flexibility index (Phi) is 5.95. The summed E-state index contributed by atoms with van der Waals surface area (Å²) in [5, 5.41) is 15.2. The molecule has 1 saturated carbocycles. The van der Waals surface area contributed by atoms with E-state index in [0.29, 0.717) is 22.4 Å². The van der Waals surface area contributed by atoms with Gasteiger partial charge in [-0.15, -0.1) is 0 Å². The standard InChI is InChI=1S/C23H31ClN4O4Si/c1-12(2)28-14(10-31-33(6,7)23(3,4)5)15(16-20(24)25-11-26-21(16)28)18-17(22(29)30)19(32-27-18)13-8-9-13/h11-13H,8-10H2,1-7H3,(H,29,30). The minimum Gasteiger partial charge on any atom is -0.477 e. The number of nitrogens with zero attached hydrogens (tertiary/aromatic N) is 4. The molecule has 1 aliphatic rings. The summed E-state index contributed by atoms with van der Waals surface area (Å²) in [6, 6.07) is 0.0216. The Morgan fingerprint density at radius 3 is 2.55 bits per heavy atom. The fourth-order valence-electron chi connectivity index (χ4n) is 3.87. The number of hydrogen-bond acceptors (Lipinski definition) is 6. The monoisotopic (exact) mass is 490 g/mol. The van der Waals surface area contributed by atoms with Crippen LogP contribution >= 0.6 is 11.6 Å². The second kappa shape index (κ2) is 8.21. The third-order valence-electron chi connectivity index (χ3n) is 6.85. The van der Waals surface area contributed by atoms with Gasteiger partial charge in [0.1, 0.15) is 28.4 Å². The zero-order valence-electron chi connectivity index (χ0n) is 20.2. The average molecular weight is 491 g/mol. The molecule has 178 valence electrons. The summed E-state index contributed by atoms with van der Waals surface area (Å²) < 4.78 is 14.2. The Bertz CT molecular complexity index is 1220. The van der Waals surface area contributed by atoms with Crippen molar-refractivity contribution in [3.05, 3.63) is 28.5 Å². The Labute approximate surface area is 199 Å². The minimum absolute atomic E-state index is 0.0124. The molecule has 33 heavy (non-hydrogen) atoms. The molecule has 0 aromatic carbocycles. The molecule has 0 atom stereocenters. The maximum atomic E-state index is 12.3. The van der Waals surface area contributed by atoms with Crippen LogP contribution in [-0.4, -0.2) is 39.1 Å². The maximum absolute atomic E-state index is 12.3. The van der Waals surface area contributed by atoms with Crippen LogP contribution in [0.4, 0.5) is 0 Å². The Morgan fingerprint density at radius 2 is 2.00 bits per heavy atom. The lowest BCUT2D eigenvalue weighted by molar-refractivity contribution is 0.0695. The van der Waals surface area contributed by atoms with Crippen LogP contribution in [0.3, 0.4) is 0 Å². The molecule has 0 amide bonds. The molecule has 1 aliphatic carbocycles. The Morgan fingerprint density at radius 1 is 1.33 bits per heavy atom. The number of carboxylic acid groups (broad SMARTS) is 1. The first kappa shape index (κ1) is 23.9. The van der Waals surface area contributed by atoms with E-state index in [-0.39, 0.29) is 40.0 Å². The molecule has 10 heteroatoms. The van der Waals surface area contributed by atoms with Gasteiger partial charge in [-0.05, 0) is 44.8 Å². The van der Waals surface area contributed by atoms with Crippen LogP contribution in [0.2, 0.25) is 23.3 Å². The summed E-state index contributed by atoms with van der Waals surface area (Å²) in [7, 11) is -2.11. The molecule has 0 spiro atoms. The fourth-order valence-corrected chi connectivity index (χ4v) is 5.02. The molecule has 3 aromatic heterocycles. The first-order valence-electron chi connectivity index (χ1n) is 11.3. The molecule has 0 aliphatic heterocycles. The summed E-state index contributed by atoms with van der Waals surface area (Å²) in [5.74, 6) is -0.551. The highest BCUT2D eigenvalue weighted by atomic mass is 35.5. The van der Waals surface area contributed by atoms with Gasteiger partial charge in [0.05, 0.1) is 17.7 Å². The summed E-state index contributed by atoms with van der Waals surface area (Å²) in [6.07, 6.45) is 3.21. The zero-order valence-corrected chi connectivity index (χ0v) is 21.9. The molecule has 3 aromatic rings.